The van der Waals surface area contributed by atoms with E-state index < -0.39 is 30.3 Å². The largest absolute Gasteiger partial charge is 0.357 e. The number of carbonyl (C=O) groups excluding carboxylic acids is 2. The van der Waals surface area contributed by atoms with Gasteiger partial charge in [0.25, 0.3) is 11.8 Å². The number of imidazole rings is 1. The van der Waals surface area contributed by atoms with Gasteiger partial charge in [-0.05, 0) is 26.0 Å². The van der Waals surface area contributed by atoms with E-state index in [2.05, 4.69) is 26.2 Å². The summed E-state index contributed by atoms with van der Waals surface area (Å²) in [4.78, 5) is 40.2. The lowest BCUT2D eigenvalue weighted by molar-refractivity contribution is -0.196. The number of anilines is 1. The van der Waals surface area contributed by atoms with Gasteiger partial charge in [-0.25, -0.2) is 15.0 Å². The number of aromatic nitrogens is 4. The van der Waals surface area contributed by atoms with Gasteiger partial charge in [0.05, 0.1) is 30.5 Å². The van der Waals surface area contributed by atoms with Gasteiger partial charge in [0.2, 0.25) is 0 Å². The average Bonchev–Trinajstić information content (AvgIpc) is 3.56. The highest BCUT2D eigenvalue weighted by Gasteiger charge is 2.57. The van der Waals surface area contributed by atoms with E-state index >= 15 is 0 Å². The molecule has 2 fully saturated rings. The fourth-order valence-electron chi connectivity index (χ4n) is 4.92. The first-order valence-corrected chi connectivity index (χ1v) is 11.2. The van der Waals surface area contributed by atoms with E-state index in [0.717, 1.165) is 0 Å². The summed E-state index contributed by atoms with van der Waals surface area (Å²) in [5, 5.41) is 3.03. The van der Waals surface area contributed by atoms with E-state index in [1.165, 1.54) is 11.2 Å². The Balaban J connectivity index is 1.32. The van der Waals surface area contributed by atoms with E-state index in [1.807, 2.05) is 13.8 Å². The Kier molecular flexibility index (Phi) is 4.86. The Bertz CT molecular complexity index is 1360. The van der Waals surface area contributed by atoms with Crippen molar-refractivity contribution in [1.82, 2.24) is 24.4 Å². The van der Waals surface area contributed by atoms with Crippen LogP contribution in [-0.2, 0) is 14.2 Å². The zero-order valence-corrected chi connectivity index (χ0v) is 19.0. The minimum atomic E-state index is -0.873. The van der Waals surface area contributed by atoms with Crippen molar-refractivity contribution in [3.8, 4) is 12.3 Å². The molecule has 178 valence electrons. The molecule has 1 N–H and O–H groups in total. The van der Waals surface area contributed by atoms with Crippen LogP contribution in [0.3, 0.4) is 0 Å². The van der Waals surface area contributed by atoms with Crippen molar-refractivity contribution in [1.29, 1.82) is 0 Å². The van der Waals surface area contributed by atoms with Crippen molar-refractivity contribution in [2.45, 2.75) is 44.2 Å². The van der Waals surface area contributed by atoms with Crippen LogP contribution in [0.1, 0.15) is 40.8 Å². The lowest BCUT2D eigenvalue weighted by Gasteiger charge is -2.26. The predicted molar refractivity (Wildman–Crippen MR) is 122 cm³/mol. The minimum absolute atomic E-state index is 0.0278. The monoisotopic (exact) mass is 474 g/mol. The second kappa shape index (κ2) is 7.84. The van der Waals surface area contributed by atoms with E-state index in [1.54, 1.807) is 35.2 Å². The maximum atomic E-state index is 12.9. The summed E-state index contributed by atoms with van der Waals surface area (Å²) in [5.41, 5.74) is 1.83. The predicted octanol–water partition coefficient (Wildman–Crippen LogP) is 1.59. The summed E-state index contributed by atoms with van der Waals surface area (Å²) < 4.78 is 20.5. The third-order valence-corrected chi connectivity index (χ3v) is 6.36. The fourth-order valence-corrected chi connectivity index (χ4v) is 4.92. The van der Waals surface area contributed by atoms with Gasteiger partial charge < -0.3 is 19.5 Å². The number of nitrogens with one attached hydrogen (secondary N) is 1. The molecule has 0 saturated carbocycles. The number of hydrogen-bond donors (Lipinski definition) is 1. The standard InChI is InChI=1S/C24H22N6O5/c1-4-9-25-19-16-20(27-11-26-19)30(12-28-16)23-18-17(34-24(2,3)35-18)15(33-23)10-29-21(31)13-7-5-6-8-14(13)22(29)32/h1,5-8,11-12,15,17-18,23H,9-10H2,2-3H3,(H,25,26,27)/t15-,17-,18-,23-/m1/s1. The molecule has 2 aromatic heterocycles. The van der Waals surface area contributed by atoms with Crippen molar-refractivity contribution in [3.05, 3.63) is 48.0 Å². The number of fused-ring (bicyclic) bond motifs is 3. The number of hydrogen-bond acceptors (Lipinski definition) is 9. The normalized spacial score (nSPS) is 26.7. The number of imide groups is 1. The molecule has 3 aliphatic rings. The first kappa shape index (κ1) is 21.7. The minimum Gasteiger partial charge on any atom is -0.357 e. The Hall–Kier alpha value is -3.85. The van der Waals surface area contributed by atoms with Crippen molar-refractivity contribution in [2.24, 2.45) is 0 Å². The van der Waals surface area contributed by atoms with Crippen molar-refractivity contribution < 1.29 is 23.8 Å². The molecular formula is C24H22N6O5. The Labute approximate surface area is 200 Å². The van der Waals surface area contributed by atoms with Crippen LogP contribution < -0.4 is 5.32 Å². The number of nitrogens with zero attached hydrogens (tertiary/aromatic N) is 5. The van der Waals surface area contributed by atoms with E-state index in [0.29, 0.717) is 28.1 Å². The average molecular weight is 474 g/mol. The number of carbonyl (C=O) groups is 2. The third kappa shape index (κ3) is 3.37. The molecule has 2 saturated heterocycles. The number of benzene rings is 1. The van der Waals surface area contributed by atoms with Crippen LogP contribution >= 0.6 is 0 Å². The molecular weight excluding hydrogens is 452 g/mol. The first-order chi connectivity index (χ1) is 16.9. The van der Waals surface area contributed by atoms with Gasteiger partial charge in [-0.15, -0.1) is 6.42 Å². The van der Waals surface area contributed by atoms with E-state index in [-0.39, 0.29) is 24.9 Å². The van der Waals surface area contributed by atoms with Crippen LogP contribution in [0.2, 0.25) is 0 Å². The lowest BCUT2D eigenvalue weighted by Crippen LogP contribution is -2.42. The zero-order chi connectivity index (χ0) is 24.3. The van der Waals surface area contributed by atoms with Crippen molar-refractivity contribution in [2.75, 3.05) is 18.4 Å². The molecule has 5 heterocycles. The molecule has 1 aromatic carbocycles. The molecule has 4 atom stereocenters. The van der Waals surface area contributed by atoms with Crippen molar-refractivity contribution >= 4 is 28.8 Å². The van der Waals surface area contributed by atoms with Gasteiger partial charge in [-0.3, -0.25) is 19.1 Å². The quantitative estimate of drug-likeness (QED) is 0.434. The maximum absolute atomic E-state index is 12.9. The Morgan fingerprint density at radius 3 is 2.51 bits per heavy atom. The highest BCUT2D eigenvalue weighted by molar-refractivity contribution is 6.21. The van der Waals surface area contributed by atoms with Gasteiger partial charge in [0, 0.05) is 0 Å². The van der Waals surface area contributed by atoms with Crippen LogP contribution in [0, 0.1) is 12.3 Å². The molecule has 0 aliphatic carbocycles. The van der Waals surface area contributed by atoms with E-state index in [9.17, 15) is 9.59 Å². The second-order valence-corrected chi connectivity index (χ2v) is 9.00. The number of amides is 2. The molecule has 0 unspecified atom stereocenters. The number of rotatable bonds is 5. The van der Waals surface area contributed by atoms with Gasteiger partial charge in [-0.2, -0.15) is 0 Å². The van der Waals surface area contributed by atoms with Crippen LogP contribution in [-0.4, -0.2) is 73.4 Å². The molecule has 0 bridgehead atoms. The molecule has 3 aromatic rings. The topological polar surface area (TPSA) is 121 Å². The lowest BCUT2D eigenvalue weighted by atomic mass is 10.1. The number of ether oxygens (including phenoxy) is 3. The molecule has 0 spiro atoms. The smallest absolute Gasteiger partial charge is 0.261 e. The van der Waals surface area contributed by atoms with Gasteiger partial charge in [0.15, 0.2) is 29.0 Å². The second-order valence-electron chi connectivity index (χ2n) is 9.00. The summed E-state index contributed by atoms with van der Waals surface area (Å²) in [6.07, 6.45) is 6.07. The summed E-state index contributed by atoms with van der Waals surface area (Å²) in [5.74, 6) is 1.44. The maximum Gasteiger partial charge on any atom is 0.261 e. The van der Waals surface area contributed by atoms with Crippen LogP contribution in [0.15, 0.2) is 36.9 Å². The molecule has 11 nitrogen and oxygen atoms in total. The zero-order valence-electron chi connectivity index (χ0n) is 19.0. The SMILES string of the molecule is C#CCNc1ncnc2c1ncn2[C@@H]1O[C@H](CN2C(=O)c3ccccc3C2=O)[C@H]2OC(C)(C)O[C@H]21. The highest BCUT2D eigenvalue weighted by atomic mass is 16.8. The molecule has 11 heteroatoms. The fraction of sp³-hybridized carbons (Fsp3) is 0.375. The Morgan fingerprint density at radius 2 is 1.80 bits per heavy atom. The summed E-state index contributed by atoms with van der Waals surface area (Å²) >= 11 is 0. The van der Waals surface area contributed by atoms with Gasteiger partial charge in [0.1, 0.15) is 24.6 Å². The molecule has 35 heavy (non-hydrogen) atoms. The Morgan fingerprint density at radius 1 is 1.09 bits per heavy atom. The van der Waals surface area contributed by atoms with Crippen molar-refractivity contribution in [3.63, 3.8) is 0 Å². The first-order valence-electron chi connectivity index (χ1n) is 11.2. The van der Waals surface area contributed by atoms with Crippen LogP contribution in [0.5, 0.6) is 0 Å². The molecule has 0 radical (unpaired) electrons. The molecule has 2 amide bonds. The molecule has 3 aliphatic heterocycles. The van der Waals surface area contributed by atoms with Gasteiger partial charge >= 0.3 is 0 Å². The van der Waals surface area contributed by atoms with Crippen LogP contribution in [0.4, 0.5) is 5.82 Å². The molecule has 6 rings (SSSR count). The van der Waals surface area contributed by atoms with Gasteiger partial charge in [-0.1, -0.05) is 18.1 Å². The summed E-state index contributed by atoms with van der Waals surface area (Å²) in [7, 11) is 0. The highest BCUT2D eigenvalue weighted by Crippen LogP contribution is 2.44. The van der Waals surface area contributed by atoms with E-state index in [4.69, 9.17) is 20.6 Å². The third-order valence-electron chi connectivity index (χ3n) is 6.36. The van der Waals surface area contributed by atoms with Crippen LogP contribution in [0.25, 0.3) is 11.2 Å². The summed E-state index contributed by atoms with van der Waals surface area (Å²) in [6.45, 7) is 3.95. The summed E-state index contributed by atoms with van der Waals surface area (Å²) in [6, 6.07) is 6.78. The number of terminal acetylenes is 1.